The van der Waals surface area contributed by atoms with Gasteiger partial charge in [-0.1, -0.05) is 18.2 Å². The van der Waals surface area contributed by atoms with E-state index in [4.69, 9.17) is 4.74 Å². The molecule has 2 aromatic rings. The van der Waals surface area contributed by atoms with Gasteiger partial charge in [0, 0.05) is 0 Å². The minimum absolute atomic E-state index is 0.453. The van der Waals surface area contributed by atoms with Gasteiger partial charge >= 0.3 is 0 Å². The smallest absolute Gasteiger partial charge is 0.276 e. The van der Waals surface area contributed by atoms with Crippen molar-refractivity contribution in [3.8, 4) is 5.75 Å². The summed E-state index contributed by atoms with van der Waals surface area (Å²) >= 11 is 0. The number of benzene rings is 2. The van der Waals surface area contributed by atoms with E-state index in [0.29, 0.717) is 5.75 Å². The van der Waals surface area contributed by atoms with Gasteiger partial charge < -0.3 is 4.74 Å². The maximum absolute atomic E-state index is 13.4. The Kier molecular flexibility index (Phi) is 5.45. The lowest BCUT2D eigenvalue weighted by Crippen LogP contribution is -2.34. The maximum atomic E-state index is 13.4. The van der Waals surface area contributed by atoms with Crippen molar-refractivity contribution < 1.29 is 31.5 Å². The molecule has 0 aliphatic carbocycles. The van der Waals surface area contributed by atoms with Gasteiger partial charge in [0.1, 0.15) is 11.4 Å². The van der Waals surface area contributed by atoms with Crippen LogP contribution in [0.1, 0.15) is 11.1 Å². The van der Waals surface area contributed by atoms with E-state index in [1.807, 2.05) is 5.43 Å². The number of carbonyl (C=O) groups excluding carboxylic acids is 1. The molecule has 0 unspecified atom stereocenters. The van der Waals surface area contributed by atoms with E-state index in [0.717, 1.165) is 11.1 Å². The lowest BCUT2D eigenvalue weighted by atomic mass is 10.1. The van der Waals surface area contributed by atoms with Gasteiger partial charge in [0.15, 0.2) is 29.9 Å². The Hall–Kier alpha value is -2.84. The molecule has 25 heavy (non-hydrogen) atoms. The molecule has 0 aliphatic rings. The van der Waals surface area contributed by atoms with E-state index in [2.05, 4.69) is 0 Å². The van der Waals surface area contributed by atoms with Gasteiger partial charge in [-0.05, 0) is 25.0 Å². The third-order valence-corrected chi connectivity index (χ3v) is 3.29. The lowest BCUT2D eigenvalue weighted by Gasteiger charge is -2.14. The average Bonchev–Trinajstić information content (AvgIpc) is 2.57. The molecule has 0 radical (unpaired) electrons. The van der Waals surface area contributed by atoms with Gasteiger partial charge in [0.2, 0.25) is 5.82 Å². The molecule has 9 heteroatoms. The zero-order valence-electron chi connectivity index (χ0n) is 13.1. The molecule has 2 rings (SSSR count). The molecule has 2 N–H and O–H groups in total. The summed E-state index contributed by atoms with van der Waals surface area (Å²) in [5.74, 6) is -11.1. The van der Waals surface area contributed by atoms with E-state index in [1.165, 1.54) is 0 Å². The number of carbonyl (C=O) groups is 1. The van der Waals surface area contributed by atoms with Crippen LogP contribution >= 0.6 is 0 Å². The lowest BCUT2D eigenvalue weighted by molar-refractivity contribution is -0.122. The average molecular weight is 360 g/mol. The molecule has 0 saturated carbocycles. The molecule has 2 aromatic carbocycles. The van der Waals surface area contributed by atoms with Crippen LogP contribution < -0.4 is 15.6 Å². The normalized spacial score (nSPS) is 10.5. The third kappa shape index (κ3) is 3.81. The molecule has 0 heterocycles. The highest BCUT2D eigenvalue weighted by Gasteiger charge is 2.26. The molecule has 0 fully saturated rings. The number of nitrogens with one attached hydrogen (secondary N) is 2. The molecular weight excluding hydrogens is 347 g/mol. The van der Waals surface area contributed by atoms with Crippen molar-refractivity contribution in [3.05, 3.63) is 58.4 Å². The molecule has 4 nitrogen and oxygen atoms in total. The first-order valence-corrected chi connectivity index (χ1v) is 6.99. The van der Waals surface area contributed by atoms with Crippen LogP contribution in [0.3, 0.4) is 0 Å². The monoisotopic (exact) mass is 360 g/mol. The van der Waals surface area contributed by atoms with Crippen LogP contribution in [0, 0.1) is 42.9 Å². The van der Waals surface area contributed by atoms with Crippen LogP contribution in [0.5, 0.6) is 5.75 Å². The summed E-state index contributed by atoms with van der Waals surface area (Å²) in [6.45, 7) is 2.98. The van der Waals surface area contributed by atoms with E-state index in [-0.39, 0.29) is 0 Å². The van der Waals surface area contributed by atoms with Crippen LogP contribution in [0.15, 0.2) is 18.2 Å². The number of para-hydroxylation sites is 1. The number of amides is 1. The van der Waals surface area contributed by atoms with Crippen LogP contribution in [-0.4, -0.2) is 12.5 Å². The summed E-state index contributed by atoms with van der Waals surface area (Å²) in [4.78, 5) is 11.7. The number of rotatable bonds is 5. The van der Waals surface area contributed by atoms with Crippen LogP contribution in [0.4, 0.5) is 27.6 Å². The van der Waals surface area contributed by atoms with Gasteiger partial charge in [-0.15, -0.1) is 0 Å². The molecule has 134 valence electrons. The number of hydrazine groups is 1. The first kappa shape index (κ1) is 18.5. The number of halogens is 5. The highest BCUT2D eigenvalue weighted by molar-refractivity contribution is 5.79. The number of hydrogen-bond donors (Lipinski definition) is 2. The van der Waals surface area contributed by atoms with Crippen molar-refractivity contribution in [2.75, 3.05) is 12.0 Å². The Morgan fingerprint density at radius 3 is 1.92 bits per heavy atom. The molecule has 1 amide bonds. The third-order valence-electron chi connectivity index (χ3n) is 3.29. The molecule has 0 saturated heterocycles. The van der Waals surface area contributed by atoms with E-state index >= 15 is 0 Å². The Bertz CT molecular complexity index is 777. The Labute approximate surface area is 139 Å². The van der Waals surface area contributed by atoms with E-state index in [9.17, 15) is 26.7 Å². The number of ether oxygens (including phenoxy) is 1. The Balaban J connectivity index is 2.04. The van der Waals surface area contributed by atoms with Crippen molar-refractivity contribution in [2.45, 2.75) is 13.8 Å². The van der Waals surface area contributed by atoms with Crippen molar-refractivity contribution in [1.29, 1.82) is 0 Å². The second-order valence-electron chi connectivity index (χ2n) is 5.13. The summed E-state index contributed by atoms with van der Waals surface area (Å²) in [6, 6.07) is 5.31. The summed E-state index contributed by atoms with van der Waals surface area (Å²) in [5.41, 5.74) is 3.66. The van der Waals surface area contributed by atoms with Crippen molar-refractivity contribution >= 4 is 11.6 Å². The van der Waals surface area contributed by atoms with Crippen LogP contribution in [-0.2, 0) is 4.79 Å². The van der Waals surface area contributed by atoms with Gasteiger partial charge in [-0.25, -0.2) is 22.0 Å². The topological polar surface area (TPSA) is 50.4 Å². The van der Waals surface area contributed by atoms with Crippen LogP contribution in [0.25, 0.3) is 0 Å². The fourth-order valence-electron chi connectivity index (χ4n) is 2.05. The first-order valence-electron chi connectivity index (χ1n) is 6.99. The summed E-state index contributed by atoms with van der Waals surface area (Å²) in [6.07, 6.45) is 0. The Morgan fingerprint density at radius 1 is 0.920 bits per heavy atom. The first-order chi connectivity index (χ1) is 11.7. The minimum atomic E-state index is -2.29. The molecule has 0 aromatic heterocycles. The van der Waals surface area contributed by atoms with Crippen LogP contribution in [0.2, 0.25) is 0 Å². The molecule has 0 aliphatic heterocycles. The number of anilines is 1. The highest BCUT2D eigenvalue weighted by atomic mass is 19.2. The van der Waals surface area contributed by atoms with E-state index in [1.54, 1.807) is 37.5 Å². The summed E-state index contributed by atoms with van der Waals surface area (Å²) < 4.78 is 71.2. The number of aryl methyl sites for hydroxylation is 2. The second-order valence-corrected chi connectivity index (χ2v) is 5.13. The zero-order valence-corrected chi connectivity index (χ0v) is 13.1. The molecule has 0 spiro atoms. The fourth-order valence-corrected chi connectivity index (χ4v) is 2.05. The largest absolute Gasteiger partial charge is 0.483 e. The second kappa shape index (κ2) is 7.37. The molecular formula is C16H13F5N2O2. The standard InChI is InChI=1S/C16H13F5N2O2/c1-7-4-3-5-8(2)16(7)25-6-9(24)22-23-15-13(20)11(18)10(17)12(19)14(15)21/h3-5,23H,6H2,1-2H3,(H,22,24). The number of hydrogen-bond acceptors (Lipinski definition) is 3. The van der Waals surface area contributed by atoms with Crippen molar-refractivity contribution in [1.82, 2.24) is 5.43 Å². The Morgan fingerprint density at radius 2 is 1.40 bits per heavy atom. The predicted octanol–water partition coefficient (Wildman–Crippen LogP) is 3.52. The van der Waals surface area contributed by atoms with Gasteiger partial charge in [0.05, 0.1) is 0 Å². The summed E-state index contributed by atoms with van der Waals surface area (Å²) in [5, 5.41) is 0. The summed E-state index contributed by atoms with van der Waals surface area (Å²) in [7, 11) is 0. The van der Waals surface area contributed by atoms with E-state index < -0.39 is 47.3 Å². The van der Waals surface area contributed by atoms with Crippen molar-refractivity contribution in [3.63, 3.8) is 0 Å². The zero-order chi connectivity index (χ0) is 18.7. The predicted molar refractivity (Wildman–Crippen MR) is 79.4 cm³/mol. The van der Waals surface area contributed by atoms with Gasteiger partial charge in [-0.3, -0.25) is 15.6 Å². The minimum Gasteiger partial charge on any atom is -0.483 e. The van der Waals surface area contributed by atoms with Gasteiger partial charge in [-0.2, -0.15) is 0 Å². The van der Waals surface area contributed by atoms with Gasteiger partial charge in [0.25, 0.3) is 5.91 Å². The molecule has 0 bridgehead atoms. The highest BCUT2D eigenvalue weighted by Crippen LogP contribution is 2.26. The fraction of sp³-hybridized carbons (Fsp3) is 0.188. The quantitative estimate of drug-likeness (QED) is 0.371. The SMILES string of the molecule is Cc1cccc(C)c1OCC(=O)NNc1c(F)c(F)c(F)c(F)c1F. The maximum Gasteiger partial charge on any atom is 0.276 e. The molecule has 0 atom stereocenters. The van der Waals surface area contributed by atoms with Crippen molar-refractivity contribution in [2.24, 2.45) is 0 Å².